The Morgan fingerprint density at radius 1 is 1.16 bits per heavy atom. The molecule has 0 aliphatic carbocycles. The Kier molecular flexibility index (Phi) is 3.35. The zero-order chi connectivity index (χ0) is 13.5. The van der Waals surface area contributed by atoms with E-state index in [1.807, 2.05) is 32.0 Å². The Bertz CT molecular complexity index is 431. The predicted octanol–water partition coefficient (Wildman–Crippen LogP) is 1.86. The van der Waals surface area contributed by atoms with Crippen molar-refractivity contribution in [1.82, 2.24) is 0 Å². The van der Waals surface area contributed by atoms with E-state index in [0.717, 1.165) is 12.8 Å². The first-order valence-electron chi connectivity index (χ1n) is 6.78. The lowest BCUT2D eigenvalue weighted by molar-refractivity contribution is -0.215. The summed E-state index contributed by atoms with van der Waals surface area (Å²) in [6.07, 6.45) is 0.0137. The quantitative estimate of drug-likeness (QED) is 0.905. The van der Waals surface area contributed by atoms with Crippen LogP contribution in [0.15, 0.2) is 30.3 Å². The van der Waals surface area contributed by atoms with E-state index in [1.165, 1.54) is 5.56 Å². The minimum absolute atomic E-state index is 0.216. The summed E-state index contributed by atoms with van der Waals surface area (Å²) in [6, 6.07) is 10.2. The van der Waals surface area contributed by atoms with Crippen LogP contribution in [0.3, 0.4) is 0 Å². The maximum atomic E-state index is 10.2. The Morgan fingerprint density at radius 3 is 2.58 bits per heavy atom. The molecule has 0 spiro atoms. The van der Waals surface area contributed by atoms with Crippen molar-refractivity contribution in [3.05, 3.63) is 35.9 Å². The average Bonchev–Trinajstić information content (AvgIpc) is 2.83. The van der Waals surface area contributed by atoms with Crippen molar-refractivity contribution in [3.8, 4) is 0 Å². The summed E-state index contributed by atoms with van der Waals surface area (Å²) in [6.45, 7) is 3.67. The van der Waals surface area contributed by atoms with Crippen molar-refractivity contribution in [2.24, 2.45) is 0 Å². The molecule has 2 fully saturated rings. The molecule has 0 bridgehead atoms. The second-order valence-corrected chi connectivity index (χ2v) is 5.66. The van der Waals surface area contributed by atoms with Crippen molar-refractivity contribution in [3.63, 3.8) is 0 Å². The van der Waals surface area contributed by atoms with Crippen molar-refractivity contribution >= 4 is 0 Å². The molecule has 4 atom stereocenters. The third kappa shape index (κ3) is 2.67. The topological polar surface area (TPSA) is 47.9 Å². The van der Waals surface area contributed by atoms with Gasteiger partial charge in [0.25, 0.3) is 0 Å². The van der Waals surface area contributed by atoms with Gasteiger partial charge in [-0.15, -0.1) is 0 Å². The second-order valence-electron chi connectivity index (χ2n) is 5.66. The molecule has 0 aromatic heterocycles. The summed E-state index contributed by atoms with van der Waals surface area (Å²) in [5, 5.41) is 10.2. The van der Waals surface area contributed by atoms with Crippen LogP contribution in [0.5, 0.6) is 0 Å². The molecule has 0 amide bonds. The van der Waals surface area contributed by atoms with Gasteiger partial charge in [0, 0.05) is 0 Å². The van der Waals surface area contributed by atoms with Gasteiger partial charge >= 0.3 is 0 Å². The van der Waals surface area contributed by atoms with E-state index >= 15 is 0 Å². The normalized spacial score (nSPS) is 36.4. The van der Waals surface area contributed by atoms with Crippen LogP contribution in [0.25, 0.3) is 0 Å². The van der Waals surface area contributed by atoms with Crippen LogP contribution in [0, 0.1) is 0 Å². The summed E-state index contributed by atoms with van der Waals surface area (Å²) in [5.74, 6) is -0.666. The van der Waals surface area contributed by atoms with Crippen molar-refractivity contribution < 1.29 is 19.3 Å². The number of hydrogen-bond acceptors (Lipinski definition) is 4. The maximum Gasteiger partial charge on any atom is 0.190 e. The van der Waals surface area contributed by atoms with E-state index in [9.17, 15) is 5.11 Å². The van der Waals surface area contributed by atoms with Gasteiger partial charge in [-0.05, 0) is 32.3 Å². The highest BCUT2D eigenvalue weighted by Gasteiger charge is 2.53. The molecule has 1 aromatic carbocycles. The zero-order valence-corrected chi connectivity index (χ0v) is 11.3. The van der Waals surface area contributed by atoms with E-state index in [2.05, 4.69) is 12.1 Å². The molecule has 0 radical (unpaired) electrons. The van der Waals surface area contributed by atoms with Crippen molar-refractivity contribution in [2.45, 2.75) is 57.1 Å². The van der Waals surface area contributed by atoms with Crippen LogP contribution >= 0.6 is 0 Å². The summed E-state index contributed by atoms with van der Waals surface area (Å²) < 4.78 is 17.0. The van der Waals surface area contributed by atoms with Gasteiger partial charge in [-0.25, -0.2) is 0 Å². The molecule has 0 saturated carbocycles. The molecule has 0 unspecified atom stereocenters. The smallest absolute Gasteiger partial charge is 0.190 e. The molecule has 2 heterocycles. The third-order valence-electron chi connectivity index (χ3n) is 3.67. The summed E-state index contributed by atoms with van der Waals surface area (Å²) in [4.78, 5) is 0. The maximum absolute atomic E-state index is 10.2. The van der Waals surface area contributed by atoms with Crippen molar-refractivity contribution in [2.75, 3.05) is 0 Å². The fourth-order valence-electron chi connectivity index (χ4n) is 2.75. The van der Waals surface area contributed by atoms with Gasteiger partial charge in [0.15, 0.2) is 12.1 Å². The third-order valence-corrected chi connectivity index (χ3v) is 3.67. The monoisotopic (exact) mass is 264 g/mol. The predicted molar refractivity (Wildman–Crippen MR) is 69.5 cm³/mol. The lowest BCUT2D eigenvalue weighted by Gasteiger charge is -2.22. The Morgan fingerprint density at radius 2 is 1.89 bits per heavy atom. The number of ether oxygens (including phenoxy) is 3. The van der Waals surface area contributed by atoms with E-state index in [-0.39, 0.29) is 12.2 Å². The van der Waals surface area contributed by atoms with Crippen LogP contribution in [-0.2, 0) is 20.6 Å². The molecule has 1 N–H and O–H groups in total. The molecule has 3 rings (SSSR count). The van der Waals surface area contributed by atoms with E-state index in [1.54, 1.807) is 0 Å². The van der Waals surface area contributed by atoms with Crippen LogP contribution in [0.2, 0.25) is 0 Å². The molecule has 2 aliphatic heterocycles. The summed E-state index contributed by atoms with van der Waals surface area (Å²) >= 11 is 0. The van der Waals surface area contributed by atoms with Gasteiger partial charge < -0.3 is 19.3 Å². The highest BCUT2D eigenvalue weighted by atomic mass is 16.8. The highest BCUT2D eigenvalue weighted by molar-refractivity contribution is 5.15. The number of aryl methyl sites for hydroxylation is 1. The fraction of sp³-hybridized carbons (Fsp3) is 0.600. The number of benzene rings is 1. The molecule has 2 aliphatic rings. The second kappa shape index (κ2) is 4.87. The van der Waals surface area contributed by atoms with Crippen LogP contribution in [0.1, 0.15) is 25.8 Å². The lowest BCUT2D eigenvalue weighted by atomic mass is 10.0. The first-order chi connectivity index (χ1) is 9.05. The zero-order valence-electron chi connectivity index (χ0n) is 11.3. The highest BCUT2D eigenvalue weighted by Crippen LogP contribution is 2.38. The minimum Gasteiger partial charge on any atom is -0.387 e. The molecule has 4 heteroatoms. The van der Waals surface area contributed by atoms with Gasteiger partial charge in [-0.1, -0.05) is 30.3 Å². The molecule has 1 aromatic rings. The van der Waals surface area contributed by atoms with Gasteiger partial charge in [-0.2, -0.15) is 0 Å². The van der Waals surface area contributed by atoms with Crippen LogP contribution in [-0.4, -0.2) is 35.5 Å². The Hall–Kier alpha value is -0.940. The van der Waals surface area contributed by atoms with E-state index < -0.39 is 18.2 Å². The van der Waals surface area contributed by atoms with E-state index in [0.29, 0.717) is 0 Å². The number of fused-ring (bicyclic) bond motifs is 1. The first-order valence-corrected chi connectivity index (χ1v) is 6.78. The first kappa shape index (κ1) is 13.1. The standard InChI is InChI=1S/C15H20O4/c1-15(2)18-13-12(16)11(17-14(13)19-15)9-8-10-6-4-3-5-7-10/h3-7,11-14,16H,8-9H2,1-2H3/t11-,12+,13-,14-/m1/s1. The molecule has 4 nitrogen and oxygen atoms in total. The van der Waals surface area contributed by atoms with Crippen LogP contribution < -0.4 is 0 Å². The van der Waals surface area contributed by atoms with E-state index in [4.69, 9.17) is 14.2 Å². The lowest BCUT2D eigenvalue weighted by Crippen LogP contribution is -2.34. The molecular weight excluding hydrogens is 244 g/mol. The number of hydrogen-bond donors (Lipinski definition) is 1. The molecule has 19 heavy (non-hydrogen) atoms. The summed E-state index contributed by atoms with van der Waals surface area (Å²) in [5.41, 5.74) is 1.25. The summed E-state index contributed by atoms with van der Waals surface area (Å²) in [7, 11) is 0. The van der Waals surface area contributed by atoms with Gasteiger partial charge in [0.1, 0.15) is 12.2 Å². The van der Waals surface area contributed by atoms with Gasteiger partial charge in [0.05, 0.1) is 6.10 Å². The Labute approximate surface area is 113 Å². The van der Waals surface area contributed by atoms with Gasteiger partial charge in [-0.3, -0.25) is 0 Å². The number of rotatable bonds is 3. The molecule has 2 saturated heterocycles. The molecule has 104 valence electrons. The SMILES string of the molecule is CC1(C)O[C@H]2O[C@H](CCc3ccccc3)[C@H](O)[C@H]2O1. The minimum atomic E-state index is -0.666. The average molecular weight is 264 g/mol. The molecular formula is C15H20O4. The fourth-order valence-corrected chi connectivity index (χ4v) is 2.75. The van der Waals surface area contributed by atoms with Gasteiger partial charge in [0.2, 0.25) is 0 Å². The Balaban J connectivity index is 1.57. The van der Waals surface area contributed by atoms with Crippen LogP contribution in [0.4, 0.5) is 0 Å². The van der Waals surface area contributed by atoms with Crippen molar-refractivity contribution in [1.29, 1.82) is 0 Å². The number of aliphatic hydroxyl groups is 1. The largest absolute Gasteiger partial charge is 0.387 e. The number of aliphatic hydroxyl groups excluding tert-OH is 1.